The standard InChI is InChI=1S/C14H20BrN3O/c1-18-9-8-16-13(10-18)14(19)17-7-6-11-2-4-12(15)5-3-11/h2-5,13,16H,6-10H2,1H3,(H,17,19). The fourth-order valence-electron chi connectivity index (χ4n) is 2.18. The zero-order valence-corrected chi connectivity index (χ0v) is 12.7. The summed E-state index contributed by atoms with van der Waals surface area (Å²) < 4.78 is 1.08. The van der Waals surface area contributed by atoms with Crippen LogP contribution in [-0.4, -0.2) is 50.1 Å². The van der Waals surface area contributed by atoms with E-state index in [1.165, 1.54) is 5.56 Å². The maximum absolute atomic E-state index is 12.0. The number of halogens is 1. The Hall–Kier alpha value is -0.910. The lowest BCUT2D eigenvalue weighted by atomic mass is 10.1. The summed E-state index contributed by atoms with van der Waals surface area (Å²) in [5, 5.41) is 6.24. The number of nitrogens with zero attached hydrogens (tertiary/aromatic N) is 1. The van der Waals surface area contributed by atoms with Gasteiger partial charge in [-0.3, -0.25) is 4.79 Å². The number of hydrogen-bond acceptors (Lipinski definition) is 3. The number of likely N-dealkylation sites (N-methyl/N-ethyl adjacent to an activating group) is 1. The first-order chi connectivity index (χ1) is 9.15. The molecule has 1 aliphatic rings. The number of carbonyl (C=O) groups excluding carboxylic acids is 1. The maximum Gasteiger partial charge on any atom is 0.238 e. The molecule has 0 spiro atoms. The van der Waals surface area contributed by atoms with E-state index >= 15 is 0 Å². The Morgan fingerprint density at radius 2 is 2.21 bits per heavy atom. The number of carbonyl (C=O) groups is 1. The molecule has 1 fully saturated rings. The molecule has 1 aromatic rings. The molecule has 1 heterocycles. The molecule has 2 N–H and O–H groups in total. The fourth-order valence-corrected chi connectivity index (χ4v) is 2.44. The third kappa shape index (κ3) is 4.60. The van der Waals surface area contributed by atoms with Crippen LogP contribution in [0.4, 0.5) is 0 Å². The second-order valence-electron chi connectivity index (χ2n) is 4.94. The maximum atomic E-state index is 12.0. The van der Waals surface area contributed by atoms with Gasteiger partial charge < -0.3 is 15.5 Å². The van der Waals surface area contributed by atoms with Gasteiger partial charge in [-0.25, -0.2) is 0 Å². The fraction of sp³-hybridized carbons (Fsp3) is 0.500. The van der Waals surface area contributed by atoms with Crippen molar-refractivity contribution < 1.29 is 4.79 Å². The van der Waals surface area contributed by atoms with Crippen molar-refractivity contribution >= 4 is 21.8 Å². The summed E-state index contributed by atoms with van der Waals surface area (Å²) in [6.45, 7) is 3.34. The number of nitrogens with one attached hydrogen (secondary N) is 2. The second-order valence-corrected chi connectivity index (χ2v) is 5.85. The van der Waals surface area contributed by atoms with Gasteiger partial charge in [-0.15, -0.1) is 0 Å². The van der Waals surface area contributed by atoms with Gasteiger partial charge in [0.25, 0.3) is 0 Å². The Balaban J connectivity index is 1.73. The summed E-state index contributed by atoms with van der Waals surface area (Å²) in [5.41, 5.74) is 1.23. The third-order valence-electron chi connectivity index (χ3n) is 3.32. The van der Waals surface area contributed by atoms with Crippen molar-refractivity contribution in [1.82, 2.24) is 15.5 Å². The summed E-state index contributed by atoms with van der Waals surface area (Å²) in [6, 6.07) is 8.11. The smallest absolute Gasteiger partial charge is 0.238 e. The van der Waals surface area contributed by atoms with E-state index in [9.17, 15) is 4.79 Å². The SMILES string of the molecule is CN1CCNC(C(=O)NCCc2ccc(Br)cc2)C1. The highest BCUT2D eigenvalue weighted by atomic mass is 79.9. The number of amides is 1. The molecule has 1 amide bonds. The molecule has 0 radical (unpaired) electrons. The largest absolute Gasteiger partial charge is 0.354 e. The average Bonchev–Trinajstić information content (AvgIpc) is 2.41. The van der Waals surface area contributed by atoms with E-state index in [-0.39, 0.29) is 11.9 Å². The zero-order valence-electron chi connectivity index (χ0n) is 11.2. The predicted molar refractivity (Wildman–Crippen MR) is 80.1 cm³/mol. The first-order valence-electron chi connectivity index (χ1n) is 6.59. The van der Waals surface area contributed by atoms with E-state index in [2.05, 4.69) is 43.6 Å². The minimum absolute atomic E-state index is 0.0799. The Morgan fingerprint density at radius 3 is 2.89 bits per heavy atom. The Morgan fingerprint density at radius 1 is 1.47 bits per heavy atom. The van der Waals surface area contributed by atoms with Crippen LogP contribution < -0.4 is 10.6 Å². The van der Waals surface area contributed by atoms with Gasteiger partial charge in [0, 0.05) is 30.7 Å². The minimum Gasteiger partial charge on any atom is -0.354 e. The second kappa shape index (κ2) is 7.03. The van der Waals surface area contributed by atoms with Gasteiger partial charge in [-0.05, 0) is 31.2 Å². The van der Waals surface area contributed by atoms with Crippen molar-refractivity contribution in [2.75, 3.05) is 33.2 Å². The van der Waals surface area contributed by atoms with E-state index < -0.39 is 0 Å². The van der Waals surface area contributed by atoms with Gasteiger partial charge in [0.1, 0.15) is 0 Å². The molecule has 1 saturated heterocycles. The summed E-state index contributed by atoms with van der Waals surface area (Å²) in [7, 11) is 2.04. The molecule has 19 heavy (non-hydrogen) atoms. The molecule has 1 aromatic carbocycles. The van der Waals surface area contributed by atoms with Gasteiger partial charge in [0.15, 0.2) is 0 Å². The van der Waals surface area contributed by atoms with Crippen molar-refractivity contribution in [2.24, 2.45) is 0 Å². The molecule has 4 nitrogen and oxygen atoms in total. The van der Waals surface area contributed by atoms with E-state index in [1.807, 2.05) is 19.2 Å². The van der Waals surface area contributed by atoms with Crippen LogP contribution in [0.1, 0.15) is 5.56 Å². The number of piperazine rings is 1. The molecule has 104 valence electrons. The quantitative estimate of drug-likeness (QED) is 0.868. The van der Waals surface area contributed by atoms with E-state index in [0.717, 1.165) is 30.5 Å². The molecular weight excluding hydrogens is 306 g/mol. The third-order valence-corrected chi connectivity index (χ3v) is 3.85. The monoisotopic (exact) mass is 325 g/mol. The lowest BCUT2D eigenvalue weighted by Crippen LogP contribution is -2.56. The molecule has 0 aliphatic carbocycles. The van der Waals surface area contributed by atoms with Crippen LogP contribution in [0.2, 0.25) is 0 Å². The molecule has 1 atom stereocenters. The molecule has 5 heteroatoms. The number of hydrogen-bond donors (Lipinski definition) is 2. The molecule has 1 unspecified atom stereocenters. The van der Waals surface area contributed by atoms with E-state index in [0.29, 0.717) is 6.54 Å². The topological polar surface area (TPSA) is 44.4 Å². The van der Waals surface area contributed by atoms with Gasteiger partial charge >= 0.3 is 0 Å². The van der Waals surface area contributed by atoms with Gasteiger partial charge in [0.05, 0.1) is 6.04 Å². The van der Waals surface area contributed by atoms with Crippen molar-refractivity contribution in [1.29, 1.82) is 0 Å². The van der Waals surface area contributed by atoms with Crippen molar-refractivity contribution in [3.05, 3.63) is 34.3 Å². The van der Waals surface area contributed by atoms with Crippen LogP contribution in [-0.2, 0) is 11.2 Å². The molecule has 0 aromatic heterocycles. The lowest BCUT2D eigenvalue weighted by Gasteiger charge is -2.29. The Labute approximate surface area is 122 Å². The average molecular weight is 326 g/mol. The van der Waals surface area contributed by atoms with Crippen molar-refractivity contribution in [2.45, 2.75) is 12.5 Å². The summed E-state index contributed by atoms with van der Waals surface area (Å²) >= 11 is 3.41. The highest BCUT2D eigenvalue weighted by molar-refractivity contribution is 9.10. The minimum atomic E-state index is -0.0799. The summed E-state index contributed by atoms with van der Waals surface area (Å²) in [5.74, 6) is 0.101. The van der Waals surface area contributed by atoms with Crippen LogP contribution in [0, 0.1) is 0 Å². The van der Waals surface area contributed by atoms with E-state index in [4.69, 9.17) is 0 Å². The highest BCUT2D eigenvalue weighted by Gasteiger charge is 2.22. The first kappa shape index (κ1) is 14.5. The molecule has 0 saturated carbocycles. The normalized spacial score (nSPS) is 20.2. The van der Waals surface area contributed by atoms with Crippen molar-refractivity contribution in [3.63, 3.8) is 0 Å². The highest BCUT2D eigenvalue weighted by Crippen LogP contribution is 2.10. The Bertz CT molecular complexity index is 421. The first-order valence-corrected chi connectivity index (χ1v) is 7.38. The van der Waals surface area contributed by atoms with E-state index in [1.54, 1.807) is 0 Å². The van der Waals surface area contributed by atoms with Crippen LogP contribution >= 0.6 is 15.9 Å². The van der Waals surface area contributed by atoms with Crippen LogP contribution in [0.3, 0.4) is 0 Å². The van der Waals surface area contributed by atoms with Crippen LogP contribution in [0.5, 0.6) is 0 Å². The van der Waals surface area contributed by atoms with Gasteiger partial charge in [0.2, 0.25) is 5.91 Å². The predicted octanol–water partition coefficient (Wildman–Crippen LogP) is 1.01. The van der Waals surface area contributed by atoms with Gasteiger partial charge in [-0.1, -0.05) is 28.1 Å². The molecule has 0 bridgehead atoms. The van der Waals surface area contributed by atoms with Crippen LogP contribution in [0.25, 0.3) is 0 Å². The number of rotatable bonds is 4. The van der Waals surface area contributed by atoms with Crippen LogP contribution in [0.15, 0.2) is 28.7 Å². The van der Waals surface area contributed by atoms with Gasteiger partial charge in [-0.2, -0.15) is 0 Å². The lowest BCUT2D eigenvalue weighted by molar-refractivity contribution is -0.124. The summed E-state index contributed by atoms with van der Waals surface area (Å²) in [4.78, 5) is 14.2. The molecule has 2 rings (SSSR count). The zero-order chi connectivity index (χ0) is 13.7. The molecule has 1 aliphatic heterocycles. The number of benzene rings is 1. The summed E-state index contributed by atoms with van der Waals surface area (Å²) in [6.07, 6.45) is 0.863. The molecular formula is C14H20BrN3O. The Kier molecular flexibility index (Phi) is 5.36. The van der Waals surface area contributed by atoms with Crippen molar-refractivity contribution in [3.8, 4) is 0 Å².